The van der Waals surface area contributed by atoms with Gasteiger partial charge in [-0.2, -0.15) is 0 Å². The number of halogens is 3. The first kappa shape index (κ1) is 18.2. The molecule has 2 unspecified atom stereocenters. The topological polar surface area (TPSA) is 24.1 Å². The Bertz CT molecular complexity index is 449. The molecule has 1 heterocycles. The Morgan fingerprint density at radius 2 is 2.05 bits per heavy atom. The maximum absolute atomic E-state index is 3.71. The summed E-state index contributed by atoms with van der Waals surface area (Å²) < 4.78 is 1.21. The molecule has 2 nitrogen and oxygen atoms in total. The van der Waals surface area contributed by atoms with Crippen molar-refractivity contribution in [2.24, 2.45) is 0 Å². The zero-order valence-electron chi connectivity index (χ0n) is 11.7. The van der Waals surface area contributed by atoms with E-state index in [9.17, 15) is 0 Å². The minimum absolute atomic E-state index is 0. The lowest BCUT2D eigenvalue weighted by Gasteiger charge is -2.44. The van der Waals surface area contributed by atoms with Gasteiger partial charge in [0.25, 0.3) is 0 Å². The van der Waals surface area contributed by atoms with Crippen molar-refractivity contribution in [3.63, 3.8) is 0 Å². The van der Waals surface area contributed by atoms with Crippen LogP contribution in [0, 0.1) is 0 Å². The van der Waals surface area contributed by atoms with Gasteiger partial charge in [0.15, 0.2) is 0 Å². The monoisotopic (exact) mass is 380 g/mol. The van der Waals surface area contributed by atoms with Crippen LogP contribution < -0.4 is 10.6 Å². The van der Waals surface area contributed by atoms with Crippen LogP contribution in [0.25, 0.3) is 0 Å². The van der Waals surface area contributed by atoms with Crippen LogP contribution in [0.5, 0.6) is 0 Å². The Labute approximate surface area is 142 Å². The van der Waals surface area contributed by atoms with Crippen molar-refractivity contribution in [1.29, 1.82) is 0 Å². The fourth-order valence-corrected chi connectivity index (χ4v) is 3.98. The van der Waals surface area contributed by atoms with Crippen LogP contribution in [0.4, 0.5) is 0 Å². The molecule has 0 saturated carbocycles. The Kier molecular flexibility index (Phi) is 6.81. The second kappa shape index (κ2) is 7.46. The van der Waals surface area contributed by atoms with Crippen molar-refractivity contribution in [2.45, 2.75) is 37.6 Å². The number of aryl methyl sites for hydroxylation is 1. The first-order valence-corrected chi connectivity index (χ1v) is 7.72. The molecule has 1 aromatic rings. The van der Waals surface area contributed by atoms with E-state index in [2.05, 4.69) is 51.7 Å². The van der Waals surface area contributed by atoms with Gasteiger partial charge in [-0.1, -0.05) is 28.9 Å². The highest BCUT2D eigenvalue weighted by Gasteiger charge is 2.39. The van der Waals surface area contributed by atoms with Gasteiger partial charge >= 0.3 is 0 Å². The largest absolute Gasteiger partial charge is 0.314 e. The van der Waals surface area contributed by atoms with Crippen molar-refractivity contribution >= 4 is 40.7 Å². The minimum atomic E-state index is 0. The first-order valence-electron chi connectivity index (χ1n) is 6.93. The number of nitrogens with one attached hydrogen (secondary N) is 2. The van der Waals surface area contributed by atoms with Crippen LogP contribution in [0.15, 0.2) is 22.7 Å². The average Bonchev–Trinajstić information content (AvgIpc) is 2.40. The highest BCUT2D eigenvalue weighted by Crippen LogP contribution is 2.40. The maximum atomic E-state index is 3.71. The van der Waals surface area contributed by atoms with Gasteiger partial charge in [-0.05, 0) is 42.5 Å². The molecule has 2 atom stereocenters. The van der Waals surface area contributed by atoms with E-state index >= 15 is 0 Å². The molecule has 0 spiro atoms. The molecule has 0 amide bonds. The molecule has 1 fully saturated rings. The van der Waals surface area contributed by atoms with E-state index in [1.807, 2.05) is 0 Å². The molecule has 1 aliphatic heterocycles. The number of rotatable bonds is 1. The van der Waals surface area contributed by atoms with Gasteiger partial charge in [0, 0.05) is 35.6 Å². The predicted octanol–water partition coefficient (Wildman–Crippen LogP) is 3.45. The van der Waals surface area contributed by atoms with Gasteiger partial charge in [-0.3, -0.25) is 0 Å². The summed E-state index contributed by atoms with van der Waals surface area (Å²) in [5.74, 6) is 0. The molecular weight excluding hydrogens is 359 g/mol. The van der Waals surface area contributed by atoms with Crippen LogP contribution in [0.3, 0.4) is 0 Å². The van der Waals surface area contributed by atoms with Crippen LogP contribution in [-0.2, 0) is 11.8 Å². The molecule has 2 N–H and O–H groups in total. The summed E-state index contributed by atoms with van der Waals surface area (Å²) >= 11 is 3.60. The fourth-order valence-electron chi connectivity index (χ4n) is 3.57. The highest BCUT2D eigenvalue weighted by molar-refractivity contribution is 9.10. The molecule has 2 aliphatic rings. The lowest BCUT2D eigenvalue weighted by atomic mass is 9.66. The van der Waals surface area contributed by atoms with Gasteiger partial charge in [0.2, 0.25) is 0 Å². The average molecular weight is 382 g/mol. The normalized spacial score (nSPS) is 28.8. The van der Waals surface area contributed by atoms with E-state index in [1.54, 1.807) is 5.56 Å². The summed E-state index contributed by atoms with van der Waals surface area (Å²) in [5, 5.41) is 7.24. The summed E-state index contributed by atoms with van der Waals surface area (Å²) in [6.07, 6.45) is 3.82. The predicted molar refractivity (Wildman–Crippen MR) is 93.6 cm³/mol. The van der Waals surface area contributed by atoms with E-state index in [0.717, 1.165) is 19.6 Å². The Hall–Kier alpha value is 0.200. The van der Waals surface area contributed by atoms with Crippen LogP contribution in [0.2, 0.25) is 0 Å². The Morgan fingerprint density at radius 1 is 1.25 bits per heavy atom. The molecule has 20 heavy (non-hydrogen) atoms. The van der Waals surface area contributed by atoms with Crippen molar-refractivity contribution in [3.8, 4) is 0 Å². The third-order valence-electron chi connectivity index (χ3n) is 4.63. The Balaban J connectivity index is 0.000001000. The zero-order chi connectivity index (χ0) is 12.6. The fraction of sp³-hybridized carbons (Fsp3) is 0.600. The van der Waals surface area contributed by atoms with Gasteiger partial charge in [0.1, 0.15) is 0 Å². The van der Waals surface area contributed by atoms with Gasteiger partial charge in [-0.15, -0.1) is 24.8 Å². The number of fused-ring (bicyclic) bond motifs is 1. The smallest absolute Gasteiger partial charge is 0.0287 e. The third kappa shape index (κ3) is 3.33. The summed E-state index contributed by atoms with van der Waals surface area (Å²) in [7, 11) is 0. The molecule has 1 aliphatic carbocycles. The third-order valence-corrected chi connectivity index (χ3v) is 5.13. The first-order chi connectivity index (χ1) is 8.70. The lowest BCUT2D eigenvalue weighted by Crippen LogP contribution is -2.58. The van der Waals surface area contributed by atoms with Gasteiger partial charge in [0.05, 0.1) is 0 Å². The number of benzene rings is 1. The number of hydrogen-bond acceptors (Lipinski definition) is 2. The van der Waals surface area contributed by atoms with Crippen molar-refractivity contribution < 1.29 is 0 Å². The van der Waals surface area contributed by atoms with E-state index in [0.29, 0.717) is 6.04 Å². The quantitative estimate of drug-likeness (QED) is 0.778. The van der Waals surface area contributed by atoms with Gasteiger partial charge in [-0.25, -0.2) is 0 Å². The van der Waals surface area contributed by atoms with Crippen LogP contribution in [-0.4, -0.2) is 25.7 Å². The second-order valence-corrected chi connectivity index (χ2v) is 6.70. The number of hydrogen-bond donors (Lipinski definition) is 2. The second-order valence-electron chi connectivity index (χ2n) is 5.78. The molecular formula is C15H23BrCl2N2. The standard InChI is InChI=1S/C15H21BrN2.2ClH/c1-15(14-10-17-7-8-18-14)6-2-3-11-9-12(16)4-5-13(11)15;;/h4-5,9,14,17-18H,2-3,6-8,10H2,1H3;2*1H. The molecule has 5 heteroatoms. The number of piperazine rings is 1. The van der Waals surface area contributed by atoms with E-state index < -0.39 is 0 Å². The molecule has 3 rings (SSSR count). The molecule has 0 radical (unpaired) electrons. The molecule has 0 aromatic heterocycles. The molecule has 1 aromatic carbocycles. The lowest BCUT2D eigenvalue weighted by molar-refractivity contribution is 0.248. The molecule has 1 saturated heterocycles. The van der Waals surface area contributed by atoms with Crippen molar-refractivity contribution in [2.75, 3.05) is 19.6 Å². The molecule has 114 valence electrons. The minimum Gasteiger partial charge on any atom is -0.314 e. The zero-order valence-corrected chi connectivity index (χ0v) is 15.0. The van der Waals surface area contributed by atoms with Crippen LogP contribution in [0.1, 0.15) is 30.9 Å². The maximum Gasteiger partial charge on any atom is 0.0287 e. The van der Waals surface area contributed by atoms with Gasteiger partial charge < -0.3 is 10.6 Å². The van der Waals surface area contributed by atoms with Crippen molar-refractivity contribution in [1.82, 2.24) is 10.6 Å². The summed E-state index contributed by atoms with van der Waals surface area (Å²) in [6.45, 7) is 5.71. The van der Waals surface area contributed by atoms with Crippen molar-refractivity contribution in [3.05, 3.63) is 33.8 Å². The van der Waals surface area contributed by atoms with Crippen LogP contribution >= 0.6 is 40.7 Å². The summed E-state index contributed by atoms with van der Waals surface area (Å²) in [5.41, 5.74) is 3.37. The SMILES string of the molecule is CC1(C2CNCCN2)CCCc2cc(Br)ccc21.Cl.Cl. The summed E-state index contributed by atoms with van der Waals surface area (Å²) in [6, 6.07) is 7.39. The highest BCUT2D eigenvalue weighted by atomic mass is 79.9. The molecule has 0 bridgehead atoms. The van der Waals surface area contributed by atoms with E-state index in [4.69, 9.17) is 0 Å². The van der Waals surface area contributed by atoms with E-state index in [-0.39, 0.29) is 30.2 Å². The Morgan fingerprint density at radius 3 is 2.75 bits per heavy atom. The summed E-state index contributed by atoms with van der Waals surface area (Å²) in [4.78, 5) is 0. The van der Waals surface area contributed by atoms with E-state index in [1.165, 1.54) is 29.3 Å².